The van der Waals surface area contributed by atoms with Crippen LogP contribution in [-0.2, 0) is 0 Å². The molecule has 0 spiro atoms. The first-order valence-electron chi connectivity index (χ1n) is 6.42. The molecule has 4 unspecified atom stereocenters. The van der Waals surface area contributed by atoms with Gasteiger partial charge in [0.05, 0.1) is 0 Å². The van der Waals surface area contributed by atoms with Gasteiger partial charge in [0.25, 0.3) is 0 Å². The predicted molar refractivity (Wildman–Crippen MR) is 86.0 cm³/mol. The van der Waals surface area contributed by atoms with E-state index < -0.39 is 0 Å². The highest BCUT2D eigenvalue weighted by molar-refractivity contribution is 8.07. The number of thioether (sulfide) groups is 2. The van der Waals surface area contributed by atoms with E-state index in [0.29, 0.717) is 20.8 Å². The third kappa shape index (κ3) is 3.60. The number of halogens is 2. The summed E-state index contributed by atoms with van der Waals surface area (Å²) >= 11 is 10.2. The molecular weight excluding hydrogens is 301 g/mol. The number of hydrogen-bond acceptors (Lipinski definition) is 3. The molecule has 106 valence electrons. The zero-order valence-electron chi connectivity index (χ0n) is 11.3. The van der Waals surface area contributed by atoms with Crippen molar-refractivity contribution >= 4 is 35.1 Å². The molecule has 2 rings (SSSR count). The average molecular weight is 320 g/mol. The van der Waals surface area contributed by atoms with Crippen LogP contribution in [0.25, 0.3) is 0 Å². The maximum absolute atomic E-state index is 13.5. The van der Waals surface area contributed by atoms with Crippen LogP contribution in [0.15, 0.2) is 18.2 Å². The fourth-order valence-electron chi connectivity index (χ4n) is 2.28. The summed E-state index contributed by atoms with van der Waals surface area (Å²) in [5.41, 5.74) is 0.865. The van der Waals surface area contributed by atoms with Gasteiger partial charge >= 0.3 is 0 Å². The molecule has 19 heavy (non-hydrogen) atoms. The van der Waals surface area contributed by atoms with Crippen molar-refractivity contribution in [2.24, 2.45) is 0 Å². The number of benzene rings is 1. The molecule has 1 heterocycles. The Balaban J connectivity index is 2.22. The van der Waals surface area contributed by atoms with E-state index in [1.165, 1.54) is 6.07 Å². The van der Waals surface area contributed by atoms with Gasteiger partial charge in [0, 0.05) is 32.6 Å². The second-order valence-corrected chi connectivity index (χ2v) is 8.29. The van der Waals surface area contributed by atoms with Crippen molar-refractivity contribution in [3.63, 3.8) is 0 Å². The van der Waals surface area contributed by atoms with Crippen molar-refractivity contribution in [3.05, 3.63) is 34.6 Å². The molecule has 0 aliphatic carbocycles. The second-order valence-electron chi connectivity index (χ2n) is 4.85. The molecule has 0 saturated carbocycles. The number of nitrogens with one attached hydrogen (secondary N) is 1. The van der Waals surface area contributed by atoms with Crippen LogP contribution >= 0.6 is 35.1 Å². The van der Waals surface area contributed by atoms with Crippen LogP contribution in [0.5, 0.6) is 0 Å². The van der Waals surface area contributed by atoms with Gasteiger partial charge in [0.1, 0.15) is 5.82 Å². The van der Waals surface area contributed by atoms with Crippen molar-refractivity contribution in [1.29, 1.82) is 0 Å². The molecular formula is C14H19ClFNS2. The number of hydrogen-bond donors (Lipinski definition) is 1. The summed E-state index contributed by atoms with van der Waals surface area (Å²) in [4.78, 5) is 0. The molecule has 0 aromatic heterocycles. The normalized spacial score (nSPS) is 29.2. The fourth-order valence-corrected chi connectivity index (χ4v) is 5.66. The van der Waals surface area contributed by atoms with Crippen molar-refractivity contribution in [2.45, 2.75) is 35.6 Å². The van der Waals surface area contributed by atoms with Gasteiger partial charge in [0.15, 0.2) is 0 Å². The van der Waals surface area contributed by atoms with Gasteiger partial charge in [-0.25, -0.2) is 4.39 Å². The average Bonchev–Trinajstić information content (AvgIpc) is 2.38. The van der Waals surface area contributed by atoms with Crippen LogP contribution in [0, 0.1) is 5.82 Å². The van der Waals surface area contributed by atoms with Crippen molar-refractivity contribution in [1.82, 2.24) is 5.32 Å². The quantitative estimate of drug-likeness (QED) is 0.888. The van der Waals surface area contributed by atoms with Crippen molar-refractivity contribution in [2.75, 3.05) is 12.8 Å². The lowest BCUT2D eigenvalue weighted by Gasteiger charge is -2.36. The Labute approximate surface area is 128 Å². The Morgan fingerprint density at radius 2 is 2.11 bits per heavy atom. The zero-order chi connectivity index (χ0) is 14.0. The van der Waals surface area contributed by atoms with E-state index >= 15 is 0 Å². The minimum absolute atomic E-state index is 0.0932. The SMILES string of the molecule is CNC(c1cc(F)ccc1Cl)C1CSC(C)C(C)S1. The lowest BCUT2D eigenvalue weighted by Crippen LogP contribution is -2.36. The second kappa shape index (κ2) is 6.70. The standard InChI is InChI=1S/C14H19ClFNS2/c1-8-9(2)19-13(7-18-8)14(17-3)11-6-10(16)4-5-12(11)15/h4-6,8-9,13-14,17H,7H2,1-3H3. The molecule has 4 atom stereocenters. The Hall–Kier alpha value is 0.1000. The Morgan fingerprint density at radius 3 is 2.74 bits per heavy atom. The topological polar surface area (TPSA) is 12.0 Å². The van der Waals surface area contributed by atoms with E-state index in [9.17, 15) is 4.39 Å². The first-order valence-corrected chi connectivity index (χ1v) is 8.79. The zero-order valence-corrected chi connectivity index (χ0v) is 13.7. The van der Waals surface area contributed by atoms with E-state index in [-0.39, 0.29) is 11.9 Å². The van der Waals surface area contributed by atoms with Gasteiger partial charge in [-0.3, -0.25) is 0 Å². The van der Waals surface area contributed by atoms with E-state index in [4.69, 9.17) is 11.6 Å². The van der Waals surface area contributed by atoms with Crippen LogP contribution < -0.4 is 5.32 Å². The largest absolute Gasteiger partial charge is 0.312 e. The summed E-state index contributed by atoms with van der Waals surface area (Å²) in [5.74, 6) is 0.837. The first kappa shape index (κ1) is 15.5. The molecule has 1 aromatic rings. The van der Waals surface area contributed by atoms with Gasteiger partial charge in [-0.2, -0.15) is 23.5 Å². The molecule has 1 aliphatic rings. The highest BCUT2D eigenvalue weighted by atomic mass is 35.5. The van der Waals surface area contributed by atoms with E-state index in [1.807, 2.05) is 30.6 Å². The van der Waals surface area contributed by atoms with Crippen LogP contribution in [0.2, 0.25) is 5.02 Å². The van der Waals surface area contributed by atoms with Crippen molar-refractivity contribution in [3.8, 4) is 0 Å². The van der Waals surface area contributed by atoms with Gasteiger partial charge in [0.2, 0.25) is 0 Å². The third-order valence-corrected chi connectivity index (χ3v) is 7.39. The predicted octanol–water partition coefficient (Wildman–Crippen LogP) is 4.37. The molecule has 0 radical (unpaired) electrons. The van der Waals surface area contributed by atoms with Crippen LogP contribution in [0.3, 0.4) is 0 Å². The fraction of sp³-hybridized carbons (Fsp3) is 0.571. The first-order chi connectivity index (χ1) is 9.02. The Bertz CT molecular complexity index is 443. The minimum atomic E-state index is -0.227. The van der Waals surface area contributed by atoms with Gasteiger partial charge in [-0.15, -0.1) is 0 Å². The maximum atomic E-state index is 13.5. The molecule has 0 amide bonds. The minimum Gasteiger partial charge on any atom is -0.312 e. The Morgan fingerprint density at radius 1 is 1.37 bits per heavy atom. The lowest BCUT2D eigenvalue weighted by molar-refractivity contribution is 0.575. The van der Waals surface area contributed by atoms with Gasteiger partial charge < -0.3 is 5.32 Å². The van der Waals surface area contributed by atoms with E-state index in [2.05, 4.69) is 19.2 Å². The molecule has 1 aliphatic heterocycles. The molecule has 1 N–H and O–H groups in total. The van der Waals surface area contributed by atoms with Gasteiger partial charge in [-0.05, 0) is 30.8 Å². The van der Waals surface area contributed by atoms with Gasteiger partial charge in [-0.1, -0.05) is 25.4 Å². The third-order valence-electron chi connectivity index (χ3n) is 3.55. The highest BCUT2D eigenvalue weighted by Gasteiger charge is 2.32. The molecule has 5 heteroatoms. The van der Waals surface area contributed by atoms with Crippen LogP contribution in [0.4, 0.5) is 4.39 Å². The number of rotatable bonds is 3. The van der Waals surface area contributed by atoms with Crippen molar-refractivity contribution < 1.29 is 4.39 Å². The summed E-state index contributed by atoms with van der Waals surface area (Å²) in [7, 11) is 1.92. The molecule has 1 aromatic carbocycles. The van der Waals surface area contributed by atoms with Crippen LogP contribution in [0.1, 0.15) is 25.5 Å². The smallest absolute Gasteiger partial charge is 0.123 e. The maximum Gasteiger partial charge on any atom is 0.123 e. The summed E-state index contributed by atoms with van der Waals surface area (Å²) in [5, 5.41) is 5.63. The summed E-state index contributed by atoms with van der Waals surface area (Å²) in [6.45, 7) is 4.52. The molecule has 1 fully saturated rings. The monoisotopic (exact) mass is 319 g/mol. The summed E-state index contributed by atoms with van der Waals surface area (Å²) < 4.78 is 13.5. The molecule has 0 bridgehead atoms. The summed E-state index contributed by atoms with van der Waals surface area (Å²) in [6.07, 6.45) is 0. The van der Waals surface area contributed by atoms with Crippen LogP contribution in [-0.4, -0.2) is 28.6 Å². The summed E-state index contributed by atoms with van der Waals surface area (Å²) in [6, 6.07) is 4.70. The van der Waals surface area contributed by atoms with E-state index in [0.717, 1.165) is 11.3 Å². The lowest BCUT2D eigenvalue weighted by atomic mass is 10.0. The van der Waals surface area contributed by atoms with E-state index in [1.54, 1.807) is 12.1 Å². The molecule has 1 nitrogen and oxygen atoms in total. The Kier molecular flexibility index (Phi) is 5.46. The molecule has 1 saturated heterocycles. The highest BCUT2D eigenvalue weighted by Crippen LogP contribution is 2.42.